The summed E-state index contributed by atoms with van der Waals surface area (Å²) in [6.07, 6.45) is 2.50. The van der Waals surface area contributed by atoms with Gasteiger partial charge in [-0.15, -0.1) is 0 Å². The summed E-state index contributed by atoms with van der Waals surface area (Å²) in [6, 6.07) is 10.6. The Morgan fingerprint density at radius 1 is 1.16 bits per heavy atom. The van der Waals surface area contributed by atoms with E-state index in [1.165, 1.54) is 23.8 Å². The minimum atomic E-state index is 0.786. The first-order chi connectivity index (χ1) is 9.24. The lowest BCUT2D eigenvalue weighted by molar-refractivity contribution is 0.450. The normalized spacial score (nSPS) is 11.4. The van der Waals surface area contributed by atoms with E-state index in [-0.39, 0.29) is 0 Å². The number of rotatable bonds is 6. The van der Waals surface area contributed by atoms with Gasteiger partial charge < -0.3 is 5.32 Å². The second-order valence-electron chi connectivity index (χ2n) is 5.25. The quantitative estimate of drug-likeness (QED) is 0.842. The van der Waals surface area contributed by atoms with Crippen LogP contribution in [0, 0.1) is 12.8 Å². The third-order valence-corrected chi connectivity index (χ3v) is 3.83. The maximum atomic E-state index is 4.58. The molecule has 0 saturated heterocycles. The number of aryl methyl sites for hydroxylation is 1. The monoisotopic (exact) mass is 256 g/mol. The average molecular weight is 256 g/mol. The molecule has 2 rings (SSSR count). The molecule has 0 amide bonds. The van der Waals surface area contributed by atoms with Crippen LogP contribution in [0.5, 0.6) is 0 Å². The van der Waals surface area contributed by atoms with Gasteiger partial charge in [-0.25, -0.2) is 0 Å². The molecule has 102 valence electrons. The van der Waals surface area contributed by atoms with E-state index in [0.29, 0.717) is 0 Å². The van der Waals surface area contributed by atoms with Gasteiger partial charge in [-0.3, -0.25) is 4.98 Å². The molecule has 19 heavy (non-hydrogen) atoms. The maximum Gasteiger partial charge on any atom is 0.0708 e. The Balaban J connectivity index is 2.12. The van der Waals surface area contributed by atoms with Gasteiger partial charge >= 0.3 is 0 Å². The fraction of sp³-hybridized carbons (Fsp3) is 0.471. The Morgan fingerprint density at radius 2 is 1.89 bits per heavy atom. The molecule has 0 saturated carbocycles. The summed E-state index contributed by atoms with van der Waals surface area (Å²) in [5.74, 6) is 0.786. The van der Waals surface area contributed by atoms with Crippen LogP contribution in [0.25, 0.3) is 10.9 Å². The van der Waals surface area contributed by atoms with E-state index in [4.69, 9.17) is 0 Å². The highest BCUT2D eigenvalue weighted by atomic mass is 14.9. The summed E-state index contributed by atoms with van der Waals surface area (Å²) in [5, 5.41) is 4.86. The smallest absolute Gasteiger partial charge is 0.0708 e. The predicted molar refractivity (Wildman–Crippen MR) is 82.3 cm³/mol. The minimum Gasteiger partial charge on any atom is -0.312 e. The van der Waals surface area contributed by atoms with Gasteiger partial charge in [0.25, 0.3) is 0 Å². The Bertz CT molecular complexity index is 530. The van der Waals surface area contributed by atoms with E-state index in [0.717, 1.165) is 30.2 Å². The number of benzene rings is 1. The van der Waals surface area contributed by atoms with E-state index in [9.17, 15) is 0 Å². The SMILES string of the molecule is CCC(CC)CNCc1cc(C)nc2ccccc12. The van der Waals surface area contributed by atoms with Crippen LogP contribution < -0.4 is 5.32 Å². The van der Waals surface area contributed by atoms with Gasteiger partial charge in [-0.1, -0.05) is 44.9 Å². The van der Waals surface area contributed by atoms with Crippen molar-refractivity contribution in [2.24, 2.45) is 5.92 Å². The zero-order valence-corrected chi connectivity index (χ0v) is 12.2. The average Bonchev–Trinajstić information content (AvgIpc) is 2.43. The third kappa shape index (κ3) is 3.54. The first-order valence-corrected chi connectivity index (χ1v) is 7.30. The van der Waals surface area contributed by atoms with E-state index in [2.05, 4.69) is 61.4 Å². The van der Waals surface area contributed by atoms with Crippen LogP contribution in [0.15, 0.2) is 30.3 Å². The van der Waals surface area contributed by atoms with Crippen molar-refractivity contribution in [2.75, 3.05) is 6.54 Å². The lowest BCUT2D eigenvalue weighted by Crippen LogP contribution is -2.22. The number of hydrogen-bond acceptors (Lipinski definition) is 2. The molecule has 2 nitrogen and oxygen atoms in total. The zero-order chi connectivity index (χ0) is 13.7. The zero-order valence-electron chi connectivity index (χ0n) is 12.2. The third-order valence-electron chi connectivity index (χ3n) is 3.83. The van der Waals surface area contributed by atoms with Crippen LogP contribution in [0.4, 0.5) is 0 Å². The fourth-order valence-electron chi connectivity index (χ4n) is 2.53. The van der Waals surface area contributed by atoms with Gasteiger partial charge in [0, 0.05) is 17.6 Å². The number of pyridine rings is 1. The first kappa shape index (κ1) is 14.0. The number of nitrogens with zero attached hydrogens (tertiary/aromatic N) is 1. The molecule has 0 fully saturated rings. The van der Waals surface area contributed by atoms with Crippen LogP contribution >= 0.6 is 0 Å². The van der Waals surface area contributed by atoms with Gasteiger partial charge in [-0.2, -0.15) is 0 Å². The van der Waals surface area contributed by atoms with Crippen molar-refractivity contribution in [3.05, 3.63) is 41.6 Å². The van der Waals surface area contributed by atoms with E-state index in [1.54, 1.807) is 0 Å². The molecule has 1 aromatic carbocycles. The summed E-state index contributed by atoms with van der Waals surface area (Å²) < 4.78 is 0. The van der Waals surface area contributed by atoms with E-state index >= 15 is 0 Å². The number of nitrogens with one attached hydrogen (secondary N) is 1. The standard InChI is InChI=1S/C17H24N2/c1-4-14(5-2)11-18-12-15-10-13(3)19-17-9-7-6-8-16(15)17/h6-10,14,18H,4-5,11-12H2,1-3H3. The van der Waals surface area contributed by atoms with Crippen LogP contribution in [0.2, 0.25) is 0 Å². The molecular weight excluding hydrogens is 232 g/mol. The molecule has 0 unspecified atom stereocenters. The Labute approximate surface area is 116 Å². The van der Waals surface area contributed by atoms with Crippen molar-refractivity contribution in [1.82, 2.24) is 10.3 Å². The van der Waals surface area contributed by atoms with Gasteiger partial charge in [-0.05, 0) is 37.1 Å². The summed E-state index contributed by atoms with van der Waals surface area (Å²) in [5.41, 5.74) is 3.55. The molecule has 1 N–H and O–H groups in total. The first-order valence-electron chi connectivity index (χ1n) is 7.30. The van der Waals surface area contributed by atoms with Crippen molar-refractivity contribution in [3.8, 4) is 0 Å². The fourth-order valence-corrected chi connectivity index (χ4v) is 2.53. The van der Waals surface area contributed by atoms with Crippen molar-refractivity contribution < 1.29 is 0 Å². The van der Waals surface area contributed by atoms with Gasteiger partial charge in [0.2, 0.25) is 0 Å². The highest BCUT2D eigenvalue weighted by molar-refractivity contribution is 5.82. The molecule has 0 atom stereocenters. The second kappa shape index (κ2) is 6.67. The number of hydrogen-bond donors (Lipinski definition) is 1. The molecule has 2 aromatic rings. The lowest BCUT2D eigenvalue weighted by atomic mass is 10.0. The van der Waals surface area contributed by atoms with Crippen LogP contribution in [0.3, 0.4) is 0 Å². The van der Waals surface area contributed by atoms with E-state index in [1.807, 2.05) is 0 Å². The molecule has 0 aliphatic heterocycles. The summed E-state index contributed by atoms with van der Waals surface area (Å²) in [4.78, 5) is 4.58. The highest BCUT2D eigenvalue weighted by Crippen LogP contribution is 2.18. The van der Waals surface area contributed by atoms with Crippen molar-refractivity contribution in [2.45, 2.75) is 40.2 Å². The summed E-state index contributed by atoms with van der Waals surface area (Å²) >= 11 is 0. The molecular formula is C17H24N2. The molecule has 1 aromatic heterocycles. The maximum absolute atomic E-state index is 4.58. The van der Waals surface area contributed by atoms with Gasteiger partial charge in [0.15, 0.2) is 0 Å². The van der Waals surface area contributed by atoms with Crippen molar-refractivity contribution >= 4 is 10.9 Å². The van der Waals surface area contributed by atoms with Crippen LogP contribution in [0.1, 0.15) is 37.9 Å². The molecule has 1 heterocycles. The summed E-state index contributed by atoms with van der Waals surface area (Å²) in [6.45, 7) is 8.63. The highest BCUT2D eigenvalue weighted by Gasteiger charge is 2.05. The van der Waals surface area contributed by atoms with Crippen molar-refractivity contribution in [1.29, 1.82) is 0 Å². The van der Waals surface area contributed by atoms with Crippen molar-refractivity contribution in [3.63, 3.8) is 0 Å². The molecule has 2 heteroatoms. The Kier molecular flexibility index (Phi) is 4.92. The Morgan fingerprint density at radius 3 is 2.63 bits per heavy atom. The molecule has 0 aliphatic rings. The lowest BCUT2D eigenvalue weighted by Gasteiger charge is -2.14. The Hall–Kier alpha value is -1.41. The number of fused-ring (bicyclic) bond motifs is 1. The van der Waals surface area contributed by atoms with E-state index < -0.39 is 0 Å². The predicted octanol–water partition coefficient (Wildman–Crippen LogP) is 4.07. The number of aromatic nitrogens is 1. The second-order valence-corrected chi connectivity index (χ2v) is 5.25. The van der Waals surface area contributed by atoms with Gasteiger partial charge in [0.1, 0.15) is 0 Å². The topological polar surface area (TPSA) is 24.9 Å². The van der Waals surface area contributed by atoms with Crippen LogP contribution in [-0.4, -0.2) is 11.5 Å². The largest absolute Gasteiger partial charge is 0.312 e. The van der Waals surface area contributed by atoms with Crippen LogP contribution in [-0.2, 0) is 6.54 Å². The molecule has 0 aliphatic carbocycles. The van der Waals surface area contributed by atoms with Gasteiger partial charge in [0.05, 0.1) is 5.52 Å². The molecule has 0 radical (unpaired) electrons. The number of para-hydroxylation sites is 1. The molecule has 0 bridgehead atoms. The minimum absolute atomic E-state index is 0.786. The summed E-state index contributed by atoms with van der Waals surface area (Å²) in [7, 11) is 0. The molecule has 0 spiro atoms.